The molecule has 2 aliphatic carbocycles. The Morgan fingerprint density at radius 1 is 0.881 bits per heavy atom. The zero-order chi connectivity index (χ0) is 28.7. The number of nitrogens with one attached hydrogen (secondary N) is 1. The van der Waals surface area contributed by atoms with Crippen molar-refractivity contribution >= 4 is 40.6 Å². The van der Waals surface area contributed by atoms with Crippen LogP contribution in [-0.4, -0.2) is 22.0 Å². The second kappa shape index (κ2) is 9.71. The predicted octanol–water partition coefficient (Wildman–Crippen LogP) is 6.31. The first-order chi connectivity index (χ1) is 20.4. The van der Waals surface area contributed by atoms with Crippen LogP contribution in [-0.2, 0) is 16.2 Å². The number of hydrogen-bond acceptors (Lipinski definition) is 6. The fourth-order valence-electron chi connectivity index (χ4n) is 8.08. The van der Waals surface area contributed by atoms with Crippen LogP contribution >= 0.6 is 23.1 Å². The molecule has 3 heterocycles. The molecule has 2 amide bonds. The summed E-state index contributed by atoms with van der Waals surface area (Å²) in [5.74, 6) is 0.456. The number of benzene rings is 3. The Balaban J connectivity index is 1.11. The van der Waals surface area contributed by atoms with Gasteiger partial charge in [0.05, 0.1) is 22.5 Å². The summed E-state index contributed by atoms with van der Waals surface area (Å²) >= 11 is 3.00. The summed E-state index contributed by atoms with van der Waals surface area (Å²) in [4.78, 5) is 45.8. The van der Waals surface area contributed by atoms with Crippen LogP contribution in [0, 0.1) is 43.4 Å². The Labute approximate surface area is 252 Å². The van der Waals surface area contributed by atoms with Crippen molar-refractivity contribution < 1.29 is 14.3 Å². The number of aromatic nitrogens is 1. The molecular weight excluding hydrogens is 565 g/mol. The summed E-state index contributed by atoms with van der Waals surface area (Å²) < 4.78 is 6.10. The molecule has 4 aliphatic rings. The van der Waals surface area contributed by atoms with Crippen molar-refractivity contribution in [3.8, 4) is 5.75 Å². The minimum atomic E-state index is -0.303. The third kappa shape index (κ3) is 3.95. The summed E-state index contributed by atoms with van der Waals surface area (Å²) in [5.41, 5.74) is 5.22. The quantitative estimate of drug-likeness (QED) is 0.274. The summed E-state index contributed by atoms with van der Waals surface area (Å²) in [5, 5.41) is 1.10. The average Bonchev–Trinajstić information content (AvgIpc) is 3.72. The highest BCUT2D eigenvalue weighted by atomic mass is 32.2. The Morgan fingerprint density at radius 2 is 1.62 bits per heavy atom. The van der Waals surface area contributed by atoms with Gasteiger partial charge in [-0.15, -0.1) is 11.8 Å². The number of carbonyl (C=O) groups is 2. The van der Waals surface area contributed by atoms with Crippen molar-refractivity contribution in [2.24, 2.45) is 29.6 Å². The largest absolute Gasteiger partial charge is 0.489 e. The maximum Gasteiger partial charge on any atom is 0.305 e. The number of rotatable bonds is 5. The van der Waals surface area contributed by atoms with Gasteiger partial charge in [-0.25, -0.2) is 0 Å². The van der Waals surface area contributed by atoms with E-state index in [9.17, 15) is 14.4 Å². The lowest BCUT2D eigenvalue weighted by Gasteiger charge is -2.43. The van der Waals surface area contributed by atoms with Crippen molar-refractivity contribution in [3.63, 3.8) is 0 Å². The van der Waals surface area contributed by atoms with Crippen LogP contribution < -0.4 is 14.5 Å². The van der Waals surface area contributed by atoms with Gasteiger partial charge in [-0.1, -0.05) is 71.0 Å². The molecule has 0 spiro atoms. The minimum Gasteiger partial charge on any atom is -0.489 e. The van der Waals surface area contributed by atoms with Crippen LogP contribution in [0.25, 0.3) is 0 Å². The summed E-state index contributed by atoms with van der Waals surface area (Å²) in [6, 6.07) is 24.2. The third-order valence-electron chi connectivity index (χ3n) is 9.74. The van der Waals surface area contributed by atoms with Gasteiger partial charge in [-0.2, -0.15) is 0 Å². The molecule has 2 bridgehead atoms. The Morgan fingerprint density at radius 3 is 2.36 bits per heavy atom. The monoisotopic (exact) mass is 594 g/mol. The smallest absolute Gasteiger partial charge is 0.305 e. The molecule has 6 nitrogen and oxygen atoms in total. The lowest BCUT2D eigenvalue weighted by atomic mass is 9.68. The van der Waals surface area contributed by atoms with Gasteiger partial charge in [0.2, 0.25) is 11.8 Å². The predicted molar refractivity (Wildman–Crippen MR) is 164 cm³/mol. The number of ether oxygens (including phenoxy) is 1. The van der Waals surface area contributed by atoms with Crippen molar-refractivity contribution in [1.29, 1.82) is 0 Å². The highest BCUT2D eigenvalue weighted by Crippen LogP contribution is 2.68. The Bertz CT molecular complexity index is 1780. The molecule has 3 aromatic carbocycles. The zero-order valence-electron chi connectivity index (χ0n) is 23.3. The maximum atomic E-state index is 13.9. The number of H-pyrrole nitrogens is 1. The van der Waals surface area contributed by atoms with Gasteiger partial charge < -0.3 is 9.72 Å². The van der Waals surface area contributed by atoms with Gasteiger partial charge in [-0.05, 0) is 73.4 Å². The molecule has 2 saturated carbocycles. The highest BCUT2D eigenvalue weighted by Gasteiger charge is 2.69. The molecule has 8 rings (SSSR count). The topological polar surface area (TPSA) is 79.5 Å². The van der Waals surface area contributed by atoms with E-state index < -0.39 is 0 Å². The molecule has 4 aromatic rings. The molecule has 0 unspecified atom stereocenters. The van der Waals surface area contributed by atoms with Crippen LogP contribution in [0.2, 0.25) is 0 Å². The fourth-order valence-corrected chi connectivity index (χ4v) is 11.0. The number of thiazole rings is 1. The summed E-state index contributed by atoms with van der Waals surface area (Å²) in [7, 11) is 0. The first-order valence-electron chi connectivity index (χ1n) is 14.5. The number of fused-ring (bicyclic) bond motifs is 9. The number of aryl methyl sites for hydroxylation is 2. The van der Waals surface area contributed by atoms with E-state index >= 15 is 0 Å². The van der Waals surface area contributed by atoms with Crippen LogP contribution in [0.4, 0.5) is 5.69 Å². The highest BCUT2D eigenvalue weighted by molar-refractivity contribution is 8.00. The molecule has 7 atom stereocenters. The molecule has 42 heavy (non-hydrogen) atoms. The van der Waals surface area contributed by atoms with E-state index in [4.69, 9.17) is 4.74 Å². The second-order valence-electron chi connectivity index (χ2n) is 12.2. The number of thioether (sulfide) groups is 1. The van der Waals surface area contributed by atoms with Crippen molar-refractivity contribution in [2.45, 2.75) is 43.1 Å². The molecule has 2 aliphatic heterocycles. The molecule has 3 fully saturated rings. The van der Waals surface area contributed by atoms with Crippen molar-refractivity contribution in [3.05, 3.63) is 110 Å². The van der Waals surface area contributed by atoms with Gasteiger partial charge in [-0.3, -0.25) is 19.3 Å². The van der Waals surface area contributed by atoms with Gasteiger partial charge in [0, 0.05) is 16.0 Å². The van der Waals surface area contributed by atoms with Gasteiger partial charge in [0.15, 0.2) is 0 Å². The van der Waals surface area contributed by atoms with Crippen LogP contribution in [0.15, 0.2) is 82.6 Å². The average molecular weight is 595 g/mol. The number of carbonyl (C=O) groups excluding carboxylic acids is 2. The van der Waals surface area contributed by atoms with E-state index in [0.29, 0.717) is 12.3 Å². The fraction of sp³-hybridized carbons (Fsp3) is 0.324. The number of hydrogen-bond donors (Lipinski definition) is 1. The van der Waals surface area contributed by atoms with Gasteiger partial charge >= 0.3 is 4.87 Å². The van der Waals surface area contributed by atoms with E-state index in [2.05, 4.69) is 42.2 Å². The van der Waals surface area contributed by atoms with Crippen LogP contribution in [0.3, 0.4) is 0 Å². The van der Waals surface area contributed by atoms with E-state index in [-0.39, 0.29) is 57.4 Å². The molecule has 8 heteroatoms. The van der Waals surface area contributed by atoms with Crippen molar-refractivity contribution in [2.75, 3.05) is 4.90 Å². The molecule has 212 valence electrons. The first-order valence-corrected chi connectivity index (χ1v) is 16.2. The van der Waals surface area contributed by atoms with E-state index in [1.54, 1.807) is 11.8 Å². The molecule has 1 aromatic heterocycles. The van der Waals surface area contributed by atoms with E-state index in [0.717, 1.165) is 38.8 Å². The van der Waals surface area contributed by atoms with Crippen LogP contribution in [0.5, 0.6) is 5.75 Å². The van der Waals surface area contributed by atoms with Crippen LogP contribution in [0.1, 0.15) is 39.5 Å². The summed E-state index contributed by atoms with van der Waals surface area (Å²) in [6.45, 7) is 4.57. The Kier molecular flexibility index (Phi) is 6.02. The minimum absolute atomic E-state index is 0.00620. The lowest BCUT2D eigenvalue weighted by molar-refractivity contribution is -0.123. The molecular formula is C34H30N2O4S2. The normalized spacial score (nSPS) is 29.0. The van der Waals surface area contributed by atoms with E-state index in [1.165, 1.54) is 21.8 Å². The second-order valence-corrected chi connectivity index (χ2v) is 14.4. The number of anilines is 1. The summed E-state index contributed by atoms with van der Waals surface area (Å²) in [6.07, 6.45) is 0.879. The number of imide groups is 1. The van der Waals surface area contributed by atoms with Gasteiger partial charge in [0.25, 0.3) is 0 Å². The number of nitrogens with zero attached hydrogens (tertiary/aromatic N) is 1. The number of aromatic amines is 1. The molecule has 1 N–H and O–H groups in total. The third-order valence-corrected chi connectivity index (χ3v) is 12.3. The zero-order valence-corrected chi connectivity index (χ0v) is 24.9. The maximum absolute atomic E-state index is 13.9. The standard InChI is InChI=1S/C34H30N2O4S2/c1-17-6-10-21(11-7-17)36-32(37)27-23-15-24(28(27)33(36)38)29-26(23)25(30-31(41-29)35-34(39)42-30)20-8-12-22(13-9-20)40-16-19-5-3-4-18(2)14-19/h3-14,23-29H,15-16H2,1-2H3,(H,35,39)/t23-,24-,25+,26+,27+,28+,29-/m1/s1. The van der Waals surface area contributed by atoms with Crippen molar-refractivity contribution in [1.82, 2.24) is 4.98 Å². The van der Waals surface area contributed by atoms with Gasteiger partial charge in [0.1, 0.15) is 12.4 Å². The first kappa shape index (κ1) is 26.0. The molecule has 0 radical (unpaired) electrons. The van der Waals surface area contributed by atoms with E-state index in [1.807, 2.05) is 49.4 Å². The molecule has 1 saturated heterocycles. The number of amides is 2. The SMILES string of the molecule is Cc1ccc(N2C(=O)[C@H]3[C@H]4C[C@@H]([C@@H]3C2=O)[C@H]2[C@H](c3ccc(OCc5cccc(C)c5)cc3)c3sc(=O)[nH]c3S[C@H]42)cc1. The Hall–Kier alpha value is -3.62. The lowest BCUT2D eigenvalue weighted by Crippen LogP contribution is -2.42.